The number of rotatable bonds is 4. The molecule has 1 aromatic rings. The molecular weight excluding hydrogens is 290 g/mol. The van der Waals surface area contributed by atoms with Gasteiger partial charge in [-0.3, -0.25) is 14.9 Å². The number of piperazine rings is 1. The molecule has 1 aromatic heterocycles. The summed E-state index contributed by atoms with van der Waals surface area (Å²) in [6.45, 7) is 4.02. The summed E-state index contributed by atoms with van der Waals surface area (Å²) in [6, 6.07) is 0. The maximum atomic E-state index is 11.5. The SMILES string of the molecule is CCc1nnc(N2CC(=O)NC(=O)C2)c(C(N)=S)c1CC. The molecule has 0 saturated carbocycles. The van der Waals surface area contributed by atoms with Crippen LogP contribution in [0.15, 0.2) is 0 Å². The van der Waals surface area contributed by atoms with Crippen LogP contribution in [0.3, 0.4) is 0 Å². The second-order valence-electron chi connectivity index (χ2n) is 4.72. The van der Waals surface area contributed by atoms with Crippen molar-refractivity contribution in [1.82, 2.24) is 15.5 Å². The number of nitrogens with zero attached hydrogens (tertiary/aromatic N) is 3. The van der Waals surface area contributed by atoms with Crippen LogP contribution in [0.5, 0.6) is 0 Å². The molecule has 0 aromatic carbocycles. The van der Waals surface area contributed by atoms with Crippen LogP contribution >= 0.6 is 12.2 Å². The fourth-order valence-electron chi connectivity index (χ4n) is 2.43. The molecule has 0 spiro atoms. The average Bonchev–Trinajstić information content (AvgIpc) is 2.44. The number of carbonyl (C=O) groups excluding carboxylic acids is 2. The maximum Gasteiger partial charge on any atom is 0.246 e. The monoisotopic (exact) mass is 307 g/mol. The fourth-order valence-corrected chi connectivity index (χ4v) is 2.64. The van der Waals surface area contributed by atoms with Gasteiger partial charge in [-0.25, -0.2) is 0 Å². The number of carbonyl (C=O) groups is 2. The van der Waals surface area contributed by atoms with E-state index in [1.165, 1.54) is 0 Å². The average molecular weight is 307 g/mol. The normalized spacial score (nSPS) is 15.0. The number of anilines is 1. The van der Waals surface area contributed by atoms with Crippen molar-refractivity contribution in [3.8, 4) is 0 Å². The standard InChI is InChI=1S/C13H17N5O2S/c1-3-7-8(4-2)16-17-13(11(7)12(14)21)18-5-9(19)15-10(20)6-18/h3-6H2,1-2H3,(H2,14,21)(H,15,19,20). The van der Waals surface area contributed by atoms with Crippen LogP contribution in [0.4, 0.5) is 5.82 Å². The van der Waals surface area contributed by atoms with Gasteiger partial charge in [0.15, 0.2) is 5.82 Å². The molecule has 112 valence electrons. The van der Waals surface area contributed by atoms with E-state index < -0.39 is 0 Å². The molecule has 2 rings (SSSR count). The zero-order valence-corrected chi connectivity index (χ0v) is 12.8. The molecule has 1 saturated heterocycles. The second kappa shape index (κ2) is 6.13. The maximum absolute atomic E-state index is 11.5. The van der Waals surface area contributed by atoms with Crippen LogP contribution in [-0.2, 0) is 22.4 Å². The summed E-state index contributed by atoms with van der Waals surface area (Å²) in [5, 5.41) is 10.6. The summed E-state index contributed by atoms with van der Waals surface area (Å²) >= 11 is 5.14. The van der Waals surface area contributed by atoms with Crippen LogP contribution in [0.25, 0.3) is 0 Å². The first kappa shape index (κ1) is 15.3. The molecule has 1 aliphatic heterocycles. The van der Waals surface area contributed by atoms with Crippen LogP contribution in [0.2, 0.25) is 0 Å². The topological polar surface area (TPSA) is 101 Å². The van der Waals surface area contributed by atoms with Crippen molar-refractivity contribution in [1.29, 1.82) is 0 Å². The number of imide groups is 1. The number of hydrogen-bond donors (Lipinski definition) is 2. The zero-order valence-electron chi connectivity index (χ0n) is 12.0. The number of thiocarbonyl (C=S) groups is 1. The molecule has 8 heteroatoms. The summed E-state index contributed by atoms with van der Waals surface area (Å²) in [4.78, 5) is 24.8. The van der Waals surface area contributed by atoms with Crippen LogP contribution < -0.4 is 16.0 Å². The van der Waals surface area contributed by atoms with Gasteiger partial charge in [0.05, 0.1) is 24.3 Å². The second-order valence-corrected chi connectivity index (χ2v) is 5.16. The first-order valence-electron chi connectivity index (χ1n) is 6.73. The van der Waals surface area contributed by atoms with Gasteiger partial charge < -0.3 is 10.6 Å². The molecule has 0 atom stereocenters. The van der Waals surface area contributed by atoms with Crippen LogP contribution in [-0.4, -0.2) is 40.1 Å². The Kier molecular flexibility index (Phi) is 4.46. The fraction of sp³-hybridized carbons (Fsp3) is 0.462. The molecule has 7 nitrogen and oxygen atoms in total. The van der Waals surface area contributed by atoms with Crippen molar-refractivity contribution in [2.24, 2.45) is 5.73 Å². The third-order valence-electron chi connectivity index (χ3n) is 3.32. The van der Waals surface area contributed by atoms with E-state index in [2.05, 4.69) is 15.5 Å². The number of hydrogen-bond acceptors (Lipinski definition) is 6. The Hall–Kier alpha value is -2.09. The minimum Gasteiger partial charge on any atom is -0.389 e. The van der Waals surface area contributed by atoms with Crippen molar-refractivity contribution < 1.29 is 9.59 Å². The molecule has 21 heavy (non-hydrogen) atoms. The van der Waals surface area contributed by atoms with E-state index in [1.807, 2.05) is 13.8 Å². The molecule has 0 unspecified atom stereocenters. The van der Waals surface area contributed by atoms with E-state index in [-0.39, 0.29) is 29.9 Å². The summed E-state index contributed by atoms with van der Waals surface area (Å²) in [5.74, 6) is -0.348. The number of amides is 2. The zero-order chi connectivity index (χ0) is 15.6. The lowest BCUT2D eigenvalue weighted by Gasteiger charge is -2.28. The Labute approximate surface area is 127 Å². The van der Waals surface area contributed by atoms with E-state index in [1.54, 1.807) is 4.90 Å². The highest BCUT2D eigenvalue weighted by Gasteiger charge is 2.28. The summed E-state index contributed by atoms with van der Waals surface area (Å²) in [6.07, 6.45) is 1.41. The van der Waals surface area contributed by atoms with Gasteiger partial charge in [0.1, 0.15) is 4.99 Å². The quantitative estimate of drug-likeness (QED) is 0.581. The Morgan fingerprint density at radius 2 is 1.86 bits per heavy atom. The number of aromatic nitrogens is 2. The van der Waals surface area contributed by atoms with Gasteiger partial charge in [-0.15, -0.1) is 5.10 Å². The number of aryl methyl sites for hydroxylation is 1. The third kappa shape index (κ3) is 2.99. The van der Waals surface area contributed by atoms with Crippen molar-refractivity contribution in [2.75, 3.05) is 18.0 Å². The Morgan fingerprint density at radius 1 is 1.24 bits per heavy atom. The third-order valence-corrected chi connectivity index (χ3v) is 3.53. The van der Waals surface area contributed by atoms with Crippen molar-refractivity contribution >= 4 is 34.8 Å². The highest BCUT2D eigenvalue weighted by molar-refractivity contribution is 7.80. The van der Waals surface area contributed by atoms with E-state index in [4.69, 9.17) is 18.0 Å². The van der Waals surface area contributed by atoms with E-state index in [0.29, 0.717) is 24.2 Å². The lowest BCUT2D eigenvalue weighted by atomic mass is 10.0. The molecule has 0 bridgehead atoms. The molecule has 2 heterocycles. The molecule has 3 N–H and O–H groups in total. The van der Waals surface area contributed by atoms with E-state index in [9.17, 15) is 9.59 Å². The summed E-state index contributed by atoms with van der Waals surface area (Å²) in [7, 11) is 0. The van der Waals surface area contributed by atoms with Gasteiger partial charge in [0.25, 0.3) is 0 Å². The lowest BCUT2D eigenvalue weighted by Crippen LogP contribution is -2.52. The molecule has 1 aliphatic rings. The minimum absolute atomic E-state index is 0.0324. The predicted octanol–water partition coefficient (Wildman–Crippen LogP) is -0.302. The molecule has 0 aliphatic carbocycles. The minimum atomic E-state index is -0.375. The first-order chi connectivity index (χ1) is 9.97. The Bertz CT molecular complexity index is 601. The molecular formula is C13H17N5O2S. The molecule has 1 fully saturated rings. The van der Waals surface area contributed by atoms with Gasteiger partial charge >= 0.3 is 0 Å². The highest BCUT2D eigenvalue weighted by atomic mass is 32.1. The van der Waals surface area contributed by atoms with Crippen LogP contribution in [0.1, 0.15) is 30.7 Å². The van der Waals surface area contributed by atoms with Gasteiger partial charge in [0, 0.05) is 0 Å². The van der Waals surface area contributed by atoms with E-state index >= 15 is 0 Å². The first-order valence-corrected chi connectivity index (χ1v) is 7.14. The van der Waals surface area contributed by atoms with Gasteiger partial charge in [0.2, 0.25) is 11.8 Å². The van der Waals surface area contributed by atoms with E-state index in [0.717, 1.165) is 11.3 Å². The number of nitrogens with one attached hydrogen (secondary N) is 1. The van der Waals surface area contributed by atoms with Crippen molar-refractivity contribution in [3.63, 3.8) is 0 Å². The van der Waals surface area contributed by atoms with Gasteiger partial charge in [-0.1, -0.05) is 26.1 Å². The van der Waals surface area contributed by atoms with Crippen LogP contribution in [0, 0.1) is 0 Å². The Morgan fingerprint density at radius 3 is 2.33 bits per heavy atom. The molecule has 2 amide bonds. The lowest BCUT2D eigenvalue weighted by molar-refractivity contribution is -0.130. The van der Waals surface area contributed by atoms with Gasteiger partial charge in [-0.05, 0) is 18.4 Å². The molecule has 0 radical (unpaired) electrons. The highest BCUT2D eigenvalue weighted by Crippen LogP contribution is 2.24. The van der Waals surface area contributed by atoms with Crippen molar-refractivity contribution in [3.05, 3.63) is 16.8 Å². The smallest absolute Gasteiger partial charge is 0.246 e. The van der Waals surface area contributed by atoms with Crippen molar-refractivity contribution in [2.45, 2.75) is 26.7 Å². The largest absolute Gasteiger partial charge is 0.389 e. The summed E-state index contributed by atoms with van der Waals surface area (Å²) < 4.78 is 0. The summed E-state index contributed by atoms with van der Waals surface area (Å²) in [5.41, 5.74) is 8.21. The number of nitrogens with two attached hydrogens (primary N) is 1. The van der Waals surface area contributed by atoms with Gasteiger partial charge in [-0.2, -0.15) is 5.10 Å². The Balaban J connectivity index is 2.55. The predicted molar refractivity (Wildman–Crippen MR) is 82.0 cm³/mol.